The lowest BCUT2D eigenvalue weighted by Gasteiger charge is -2.25. The molecular formula is C30H32Cl2F3NO. The van der Waals surface area contributed by atoms with Crippen LogP contribution in [-0.2, 0) is 24.6 Å². The molecule has 3 aromatic carbocycles. The number of nitrogens with zero attached hydrogens (tertiary/aromatic N) is 1. The largest absolute Gasteiger partial charge is 0.416 e. The minimum Gasteiger partial charge on any atom is -0.334 e. The molecule has 198 valence electrons. The third-order valence-electron chi connectivity index (χ3n) is 6.31. The molecule has 0 aliphatic heterocycles. The van der Waals surface area contributed by atoms with Gasteiger partial charge in [0.2, 0.25) is 0 Å². The number of hydrogen-bond acceptors (Lipinski definition) is 1. The van der Waals surface area contributed by atoms with Crippen molar-refractivity contribution in [1.82, 2.24) is 4.90 Å². The van der Waals surface area contributed by atoms with Gasteiger partial charge in [-0.15, -0.1) is 0 Å². The van der Waals surface area contributed by atoms with E-state index in [2.05, 4.69) is 34.6 Å². The van der Waals surface area contributed by atoms with Gasteiger partial charge in [0.15, 0.2) is 0 Å². The van der Waals surface area contributed by atoms with Crippen molar-refractivity contribution in [2.24, 2.45) is 0 Å². The van der Waals surface area contributed by atoms with Gasteiger partial charge in [0.25, 0.3) is 5.91 Å². The molecular weight excluding hydrogens is 518 g/mol. The van der Waals surface area contributed by atoms with Crippen molar-refractivity contribution in [2.45, 2.75) is 65.1 Å². The summed E-state index contributed by atoms with van der Waals surface area (Å²) in [6.45, 7) is 11.0. The van der Waals surface area contributed by atoms with Crippen LogP contribution in [0.3, 0.4) is 0 Å². The van der Waals surface area contributed by atoms with Crippen molar-refractivity contribution in [3.05, 3.63) is 104 Å². The van der Waals surface area contributed by atoms with Crippen molar-refractivity contribution in [3.63, 3.8) is 0 Å². The zero-order valence-corrected chi connectivity index (χ0v) is 23.2. The van der Waals surface area contributed by atoms with Crippen molar-refractivity contribution >= 4 is 29.1 Å². The molecule has 37 heavy (non-hydrogen) atoms. The minimum absolute atomic E-state index is 0.0223. The van der Waals surface area contributed by atoms with Crippen LogP contribution in [-0.4, -0.2) is 17.4 Å². The van der Waals surface area contributed by atoms with E-state index < -0.39 is 17.6 Å². The topological polar surface area (TPSA) is 20.3 Å². The summed E-state index contributed by atoms with van der Waals surface area (Å²) < 4.78 is 40.2. The van der Waals surface area contributed by atoms with Crippen molar-refractivity contribution in [1.29, 1.82) is 0 Å². The predicted molar refractivity (Wildman–Crippen MR) is 146 cm³/mol. The van der Waals surface area contributed by atoms with Gasteiger partial charge < -0.3 is 4.90 Å². The first-order valence-corrected chi connectivity index (χ1v) is 13.0. The summed E-state index contributed by atoms with van der Waals surface area (Å²) in [6.07, 6.45) is -4.08. The summed E-state index contributed by atoms with van der Waals surface area (Å²) >= 11 is 12.3. The van der Waals surface area contributed by atoms with Crippen LogP contribution in [0.5, 0.6) is 0 Å². The number of alkyl halides is 3. The molecule has 0 atom stereocenters. The maximum absolute atomic E-state index is 13.5. The Morgan fingerprint density at radius 3 is 2.05 bits per heavy atom. The second-order valence-corrected chi connectivity index (χ2v) is 11.5. The first kappa shape index (κ1) is 29.1. The summed E-state index contributed by atoms with van der Waals surface area (Å²) in [6, 6.07) is 16.7. The summed E-state index contributed by atoms with van der Waals surface area (Å²) in [5.41, 5.74) is 2.99. The van der Waals surface area contributed by atoms with E-state index in [0.29, 0.717) is 18.0 Å². The van der Waals surface area contributed by atoms with Gasteiger partial charge in [-0.05, 0) is 64.3 Å². The lowest BCUT2D eigenvalue weighted by molar-refractivity contribution is -0.137. The highest BCUT2D eigenvalue weighted by Crippen LogP contribution is 2.32. The van der Waals surface area contributed by atoms with Crippen LogP contribution >= 0.6 is 23.2 Å². The number of rotatable bonds is 7. The normalized spacial score (nSPS) is 12.2. The summed E-state index contributed by atoms with van der Waals surface area (Å²) in [4.78, 5) is 15.1. The fraction of sp³-hybridized carbons (Fsp3) is 0.367. The molecule has 2 nitrogen and oxygen atoms in total. The van der Waals surface area contributed by atoms with Gasteiger partial charge >= 0.3 is 6.18 Å². The van der Waals surface area contributed by atoms with E-state index in [1.54, 1.807) is 4.90 Å². The van der Waals surface area contributed by atoms with Gasteiger partial charge in [0, 0.05) is 28.7 Å². The molecule has 0 aliphatic rings. The van der Waals surface area contributed by atoms with Crippen LogP contribution in [0.4, 0.5) is 13.2 Å². The van der Waals surface area contributed by atoms with Crippen LogP contribution in [0.1, 0.15) is 78.7 Å². The Hall–Kier alpha value is -2.50. The lowest BCUT2D eigenvalue weighted by Crippen LogP contribution is -2.33. The molecule has 7 heteroatoms. The Balaban J connectivity index is 1.93. The first-order valence-electron chi connectivity index (χ1n) is 12.2. The van der Waals surface area contributed by atoms with Crippen molar-refractivity contribution in [2.75, 3.05) is 6.54 Å². The van der Waals surface area contributed by atoms with Gasteiger partial charge in [-0.25, -0.2) is 0 Å². The molecule has 0 N–H and O–H groups in total. The van der Waals surface area contributed by atoms with Crippen molar-refractivity contribution in [3.8, 4) is 0 Å². The zero-order valence-electron chi connectivity index (χ0n) is 21.7. The van der Waals surface area contributed by atoms with Gasteiger partial charge in [-0.3, -0.25) is 4.79 Å². The standard InChI is InChI=1S/C30H32Cl2F3NO/c1-19(2)26-14-20(8-11-27(26)32)12-13-36(18-21-6-9-23(10-7-21)29(3,4)5)28(37)22-15-24(30(33,34)35)17-25(31)16-22/h6-11,14-17,19H,12-13,18H2,1-5H3. The van der Waals surface area contributed by atoms with E-state index >= 15 is 0 Å². The van der Waals surface area contributed by atoms with Crippen LogP contribution < -0.4 is 0 Å². The fourth-order valence-corrected chi connectivity index (χ4v) is 4.67. The van der Waals surface area contributed by atoms with Crippen LogP contribution in [0, 0.1) is 0 Å². The van der Waals surface area contributed by atoms with E-state index in [0.717, 1.165) is 34.4 Å². The molecule has 0 aliphatic carbocycles. The smallest absolute Gasteiger partial charge is 0.334 e. The lowest BCUT2D eigenvalue weighted by atomic mass is 9.87. The molecule has 0 bridgehead atoms. The maximum atomic E-state index is 13.5. The SMILES string of the molecule is CC(C)c1cc(CCN(Cc2ccc(C(C)(C)C)cc2)C(=O)c2cc(Cl)cc(C(F)(F)F)c2)ccc1Cl. The molecule has 0 aromatic heterocycles. The number of benzene rings is 3. The first-order chi connectivity index (χ1) is 17.1. The molecule has 3 aromatic rings. The van der Waals surface area contributed by atoms with Gasteiger partial charge in [0.05, 0.1) is 5.56 Å². The third-order valence-corrected chi connectivity index (χ3v) is 6.87. The summed E-state index contributed by atoms with van der Waals surface area (Å²) in [5, 5.41) is 0.552. The highest BCUT2D eigenvalue weighted by Gasteiger charge is 2.32. The molecule has 0 fully saturated rings. The van der Waals surface area contributed by atoms with E-state index in [4.69, 9.17) is 23.2 Å². The Kier molecular flexibility index (Phi) is 9.02. The Labute approximate surface area is 227 Å². The van der Waals surface area contributed by atoms with E-state index in [1.165, 1.54) is 6.07 Å². The molecule has 0 radical (unpaired) electrons. The summed E-state index contributed by atoms with van der Waals surface area (Å²) in [5.74, 6) is -0.273. The molecule has 0 saturated heterocycles. The number of halogens is 5. The van der Waals surface area contributed by atoms with Gasteiger partial charge in [-0.2, -0.15) is 13.2 Å². The number of amides is 1. The quantitative estimate of drug-likeness (QED) is 0.287. The second kappa shape index (κ2) is 11.5. The van der Waals surface area contributed by atoms with E-state index in [9.17, 15) is 18.0 Å². The molecule has 0 unspecified atom stereocenters. The van der Waals surface area contributed by atoms with Crippen LogP contribution in [0.25, 0.3) is 0 Å². The average Bonchev–Trinajstić information content (AvgIpc) is 2.80. The van der Waals surface area contributed by atoms with Gasteiger partial charge in [0.1, 0.15) is 0 Å². The monoisotopic (exact) mass is 549 g/mol. The molecule has 0 heterocycles. The van der Waals surface area contributed by atoms with Crippen LogP contribution in [0.2, 0.25) is 10.0 Å². The highest BCUT2D eigenvalue weighted by molar-refractivity contribution is 6.31. The number of carbonyl (C=O) groups is 1. The molecule has 0 saturated carbocycles. The fourth-order valence-electron chi connectivity index (χ4n) is 4.10. The van der Waals surface area contributed by atoms with Crippen LogP contribution in [0.15, 0.2) is 60.7 Å². The average molecular weight is 550 g/mol. The maximum Gasteiger partial charge on any atom is 0.416 e. The Morgan fingerprint density at radius 2 is 1.49 bits per heavy atom. The third kappa shape index (κ3) is 7.75. The van der Waals surface area contributed by atoms with E-state index in [-0.39, 0.29) is 28.5 Å². The number of carbonyl (C=O) groups excluding carboxylic acids is 1. The van der Waals surface area contributed by atoms with Gasteiger partial charge in [-0.1, -0.05) is 94.2 Å². The zero-order chi connectivity index (χ0) is 27.5. The summed E-state index contributed by atoms with van der Waals surface area (Å²) in [7, 11) is 0. The Morgan fingerprint density at radius 1 is 0.865 bits per heavy atom. The van der Waals surface area contributed by atoms with E-state index in [1.807, 2.05) is 42.5 Å². The van der Waals surface area contributed by atoms with Crippen molar-refractivity contribution < 1.29 is 18.0 Å². The minimum atomic E-state index is -4.61. The number of hydrogen-bond donors (Lipinski definition) is 0. The molecule has 0 spiro atoms. The highest BCUT2D eigenvalue weighted by atomic mass is 35.5. The predicted octanol–water partition coefficient (Wildman–Crippen LogP) is 9.32. The Bertz CT molecular complexity index is 1250. The second-order valence-electron chi connectivity index (χ2n) is 10.7. The molecule has 3 rings (SSSR count). The molecule has 1 amide bonds.